The van der Waals surface area contributed by atoms with Gasteiger partial charge in [0.25, 0.3) is 0 Å². The molecule has 1 heterocycles. The van der Waals surface area contributed by atoms with Gasteiger partial charge in [-0.1, -0.05) is 72.8 Å². The lowest BCUT2D eigenvalue weighted by molar-refractivity contribution is 0.0600. The third-order valence-corrected chi connectivity index (χ3v) is 4.53. The summed E-state index contributed by atoms with van der Waals surface area (Å²) in [6.07, 6.45) is 0.575. The first-order valence-corrected chi connectivity index (χ1v) is 8.45. The number of nitrogens with zero attached hydrogens (tertiary/aromatic N) is 1. The summed E-state index contributed by atoms with van der Waals surface area (Å²) in [6.45, 7) is 0. The van der Waals surface area contributed by atoms with Crippen molar-refractivity contribution in [2.24, 2.45) is 0 Å². The summed E-state index contributed by atoms with van der Waals surface area (Å²) in [7, 11) is 1.39. The smallest absolute Gasteiger partial charge is 0.342 e. The molecule has 4 aromatic rings. The third-order valence-electron chi connectivity index (χ3n) is 4.53. The Kier molecular flexibility index (Phi) is 4.23. The number of hydrogen-bond acceptors (Lipinski definition) is 3. The molecule has 0 saturated carbocycles. The lowest BCUT2D eigenvalue weighted by Crippen LogP contribution is -2.06. The number of aromatic amines is 1. The van der Waals surface area contributed by atoms with Gasteiger partial charge in [-0.25, -0.2) is 4.79 Å². The summed E-state index contributed by atoms with van der Waals surface area (Å²) < 4.78 is 5.02. The van der Waals surface area contributed by atoms with Gasteiger partial charge in [0.2, 0.25) is 0 Å². The van der Waals surface area contributed by atoms with Crippen LogP contribution in [0.4, 0.5) is 0 Å². The number of methoxy groups -OCH3 is 1. The molecule has 0 radical (unpaired) electrons. The number of aromatic nitrogens is 2. The van der Waals surface area contributed by atoms with Crippen LogP contribution in [0, 0.1) is 0 Å². The second-order valence-corrected chi connectivity index (χ2v) is 6.10. The first kappa shape index (κ1) is 16.1. The summed E-state index contributed by atoms with van der Waals surface area (Å²) in [6, 6.07) is 24.1. The Morgan fingerprint density at radius 1 is 0.962 bits per heavy atom. The van der Waals surface area contributed by atoms with Gasteiger partial charge in [-0.2, -0.15) is 5.10 Å². The maximum absolute atomic E-state index is 12.5. The highest BCUT2D eigenvalue weighted by molar-refractivity contribution is 5.97. The van der Waals surface area contributed by atoms with Crippen molar-refractivity contribution in [3.63, 3.8) is 0 Å². The molecule has 0 saturated heterocycles. The molecule has 0 bridgehead atoms. The predicted molar refractivity (Wildman–Crippen MR) is 102 cm³/mol. The van der Waals surface area contributed by atoms with Crippen molar-refractivity contribution in [2.45, 2.75) is 6.42 Å². The summed E-state index contributed by atoms with van der Waals surface area (Å²) in [5.74, 6) is -0.382. The van der Waals surface area contributed by atoms with Crippen molar-refractivity contribution in [2.75, 3.05) is 7.11 Å². The molecular formula is C22H18N2O2. The predicted octanol–water partition coefficient (Wildman–Crippen LogP) is 4.61. The van der Waals surface area contributed by atoms with Crippen molar-refractivity contribution < 1.29 is 9.53 Å². The first-order chi connectivity index (χ1) is 12.8. The fourth-order valence-corrected chi connectivity index (χ4v) is 3.27. The van der Waals surface area contributed by atoms with Crippen LogP contribution in [-0.2, 0) is 11.2 Å². The second-order valence-electron chi connectivity index (χ2n) is 6.10. The average molecular weight is 342 g/mol. The van der Waals surface area contributed by atoms with Gasteiger partial charge in [0, 0.05) is 12.0 Å². The minimum absolute atomic E-state index is 0.382. The van der Waals surface area contributed by atoms with Crippen molar-refractivity contribution >= 4 is 16.7 Å². The Hall–Kier alpha value is -3.40. The number of hydrogen-bond donors (Lipinski definition) is 1. The van der Waals surface area contributed by atoms with Gasteiger partial charge in [-0.3, -0.25) is 5.10 Å². The molecule has 0 atom stereocenters. The first-order valence-electron chi connectivity index (χ1n) is 8.45. The van der Waals surface area contributed by atoms with Crippen LogP contribution in [0.3, 0.4) is 0 Å². The van der Waals surface area contributed by atoms with Crippen LogP contribution in [0.5, 0.6) is 0 Å². The van der Waals surface area contributed by atoms with E-state index in [0.717, 1.165) is 16.8 Å². The highest BCUT2D eigenvalue weighted by atomic mass is 16.5. The Balaban J connectivity index is 1.82. The van der Waals surface area contributed by atoms with E-state index < -0.39 is 0 Å². The van der Waals surface area contributed by atoms with Gasteiger partial charge in [-0.15, -0.1) is 0 Å². The number of carbonyl (C=O) groups excluding carboxylic acids is 1. The molecule has 0 unspecified atom stereocenters. The lowest BCUT2D eigenvalue weighted by Gasteiger charge is -2.07. The maximum atomic E-state index is 12.5. The fourth-order valence-electron chi connectivity index (χ4n) is 3.27. The molecule has 0 amide bonds. The molecule has 0 aliphatic rings. The van der Waals surface area contributed by atoms with E-state index in [-0.39, 0.29) is 5.97 Å². The van der Waals surface area contributed by atoms with E-state index in [4.69, 9.17) is 4.74 Å². The van der Waals surface area contributed by atoms with Crippen LogP contribution in [0.15, 0.2) is 72.8 Å². The minimum atomic E-state index is -0.382. The minimum Gasteiger partial charge on any atom is -0.465 e. The lowest BCUT2D eigenvalue weighted by atomic mass is 9.98. The van der Waals surface area contributed by atoms with Crippen LogP contribution >= 0.6 is 0 Å². The number of nitrogens with one attached hydrogen (secondary N) is 1. The van der Waals surface area contributed by atoms with E-state index in [0.29, 0.717) is 17.7 Å². The van der Waals surface area contributed by atoms with E-state index >= 15 is 0 Å². The Bertz CT molecular complexity index is 1060. The summed E-state index contributed by atoms with van der Waals surface area (Å²) >= 11 is 0. The maximum Gasteiger partial charge on any atom is 0.342 e. The van der Waals surface area contributed by atoms with Crippen molar-refractivity contribution in [1.82, 2.24) is 10.2 Å². The quantitative estimate of drug-likeness (QED) is 0.551. The van der Waals surface area contributed by atoms with Gasteiger partial charge >= 0.3 is 5.97 Å². The largest absolute Gasteiger partial charge is 0.465 e. The highest BCUT2D eigenvalue weighted by Crippen LogP contribution is 2.28. The Labute approximate surface area is 151 Å². The zero-order chi connectivity index (χ0) is 17.9. The van der Waals surface area contributed by atoms with Crippen LogP contribution < -0.4 is 0 Å². The molecule has 0 aliphatic carbocycles. The van der Waals surface area contributed by atoms with Crippen molar-refractivity contribution in [3.05, 3.63) is 89.6 Å². The van der Waals surface area contributed by atoms with Crippen LogP contribution in [0.25, 0.3) is 22.0 Å². The van der Waals surface area contributed by atoms with Gasteiger partial charge in [0.1, 0.15) is 11.3 Å². The van der Waals surface area contributed by atoms with E-state index in [9.17, 15) is 4.79 Å². The molecule has 3 aromatic carbocycles. The van der Waals surface area contributed by atoms with Gasteiger partial charge in [0.05, 0.1) is 12.8 Å². The molecule has 1 aromatic heterocycles. The molecule has 4 rings (SSSR count). The Morgan fingerprint density at radius 2 is 1.69 bits per heavy atom. The SMILES string of the molecule is COC(=O)c1c(-c2ccccc2)n[nH]c1Cc1cccc2ccccc12. The highest BCUT2D eigenvalue weighted by Gasteiger charge is 2.22. The number of ether oxygens (including phenoxy) is 1. The molecule has 26 heavy (non-hydrogen) atoms. The zero-order valence-electron chi connectivity index (χ0n) is 14.4. The number of benzene rings is 3. The molecule has 128 valence electrons. The number of rotatable bonds is 4. The third kappa shape index (κ3) is 2.86. The molecular weight excluding hydrogens is 324 g/mol. The Morgan fingerprint density at radius 3 is 2.50 bits per heavy atom. The van der Waals surface area contributed by atoms with E-state index in [2.05, 4.69) is 34.5 Å². The molecule has 4 nitrogen and oxygen atoms in total. The second kappa shape index (κ2) is 6.84. The van der Waals surface area contributed by atoms with Gasteiger partial charge in [-0.05, 0) is 16.3 Å². The summed E-state index contributed by atoms with van der Waals surface area (Å²) in [5.41, 5.74) is 3.89. The number of carbonyl (C=O) groups is 1. The van der Waals surface area contributed by atoms with Gasteiger partial charge in [0.15, 0.2) is 0 Å². The summed E-state index contributed by atoms with van der Waals surface area (Å²) in [5, 5.41) is 9.80. The molecule has 1 N–H and O–H groups in total. The van der Waals surface area contributed by atoms with Gasteiger partial charge < -0.3 is 4.74 Å². The number of H-pyrrole nitrogens is 1. The van der Waals surface area contributed by atoms with Crippen molar-refractivity contribution in [3.8, 4) is 11.3 Å². The van der Waals surface area contributed by atoms with E-state index in [1.807, 2.05) is 48.5 Å². The zero-order valence-corrected chi connectivity index (χ0v) is 14.4. The van der Waals surface area contributed by atoms with Crippen LogP contribution in [0.1, 0.15) is 21.6 Å². The average Bonchev–Trinajstić information content (AvgIpc) is 3.12. The van der Waals surface area contributed by atoms with Crippen LogP contribution in [-0.4, -0.2) is 23.3 Å². The van der Waals surface area contributed by atoms with E-state index in [1.54, 1.807) is 0 Å². The standard InChI is InChI=1S/C22H18N2O2/c1-26-22(25)20-19(23-24-21(20)16-9-3-2-4-10-16)14-17-12-7-11-15-8-5-6-13-18(15)17/h2-13H,14H2,1H3,(H,23,24). The molecule has 0 fully saturated rings. The molecule has 4 heteroatoms. The van der Waals surface area contributed by atoms with Crippen LogP contribution in [0.2, 0.25) is 0 Å². The number of fused-ring (bicyclic) bond motifs is 1. The van der Waals surface area contributed by atoms with E-state index in [1.165, 1.54) is 17.9 Å². The topological polar surface area (TPSA) is 55.0 Å². The molecule has 0 aliphatic heterocycles. The fraction of sp³-hybridized carbons (Fsp3) is 0.0909. The molecule has 0 spiro atoms. The van der Waals surface area contributed by atoms with Crippen molar-refractivity contribution in [1.29, 1.82) is 0 Å². The normalized spacial score (nSPS) is 10.8. The monoisotopic (exact) mass is 342 g/mol. The number of esters is 1. The summed E-state index contributed by atoms with van der Waals surface area (Å²) in [4.78, 5) is 12.5.